The van der Waals surface area contributed by atoms with Gasteiger partial charge in [-0.1, -0.05) is 36.0 Å². The van der Waals surface area contributed by atoms with Gasteiger partial charge < -0.3 is 9.88 Å². The van der Waals surface area contributed by atoms with E-state index in [2.05, 4.69) is 44.3 Å². The minimum absolute atomic E-state index is 0.0784. The Morgan fingerprint density at radius 2 is 2.08 bits per heavy atom. The SMILES string of the molecule is Cc1nnc(S[C@@H](C)C(=O)N[C@@H]2CCCc3ccccc32)n1C1CC1. The molecule has 4 rings (SSSR count). The Morgan fingerprint density at radius 1 is 1.28 bits per heavy atom. The van der Waals surface area contributed by atoms with E-state index in [1.165, 1.54) is 35.7 Å². The molecule has 1 heterocycles. The third kappa shape index (κ3) is 3.45. The van der Waals surface area contributed by atoms with Crippen LogP contribution in [-0.2, 0) is 11.2 Å². The van der Waals surface area contributed by atoms with Gasteiger partial charge in [-0.2, -0.15) is 0 Å². The van der Waals surface area contributed by atoms with Gasteiger partial charge in [-0.3, -0.25) is 4.79 Å². The number of carbonyl (C=O) groups excluding carboxylic acids is 1. The van der Waals surface area contributed by atoms with Crippen LogP contribution in [0.4, 0.5) is 0 Å². The van der Waals surface area contributed by atoms with E-state index in [1.807, 2.05) is 13.8 Å². The van der Waals surface area contributed by atoms with Crippen molar-refractivity contribution in [2.75, 3.05) is 0 Å². The van der Waals surface area contributed by atoms with Gasteiger partial charge >= 0.3 is 0 Å². The number of aromatic nitrogens is 3. The van der Waals surface area contributed by atoms with Crippen LogP contribution in [0.3, 0.4) is 0 Å². The van der Waals surface area contributed by atoms with Crippen molar-refractivity contribution in [3.05, 3.63) is 41.2 Å². The maximum Gasteiger partial charge on any atom is 0.233 e. The van der Waals surface area contributed by atoms with Crippen LogP contribution in [0.2, 0.25) is 0 Å². The van der Waals surface area contributed by atoms with Crippen LogP contribution in [0.1, 0.15) is 61.6 Å². The number of hydrogen-bond donors (Lipinski definition) is 1. The van der Waals surface area contributed by atoms with Crippen LogP contribution in [0.5, 0.6) is 0 Å². The normalized spacial score (nSPS) is 20.8. The fourth-order valence-electron chi connectivity index (χ4n) is 3.59. The molecule has 1 fully saturated rings. The lowest BCUT2D eigenvalue weighted by molar-refractivity contribution is -0.121. The van der Waals surface area contributed by atoms with Gasteiger partial charge in [0.05, 0.1) is 11.3 Å². The predicted molar refractivity (Wildman–Crippen MR) is 98.6 cm³/mol. The zero-order valence-corrected chi connectivity index (χ0v) is 15.6. The Morgan fingerprint density at radius 3 is 2.88 bits per heavy atom. The van der Waals surface area contributed by atoms with Crippen LogP contribution < -0.4 is 5.32 Å². The average Bonchev–Trinajstić information content (AvgIpc) is 3.39. The van der Waals surface area contributed by atoms with Crippen molar-refractivity contribution >= 4 is 17.7 Å². The fourth-order valence-corrected chi connectivity index (χ4v) is 4.56. The molecule has 2 aliphatic rings. The lowest BCUT2D eigenvalue weighted by Crippen LogP contribution is -2.36. The summed E-state index contributed by atoms with van der Waals surface area (Å²) >= 11 is 1.51. The Labute approximate surface area is 152 Å². The standard InChI is InChI=1S/C19H24N4OS/c1-12(25-19-22-21-13(2)23(19)15-10-11-15)18(24)20-17-9-5-7-14-6-3-4-8-16(14)17/h3-4,6,8,12,15,17H,5,7,9-11H2,1-2H3,(H,20,24)/t12-,17+/m0/s1. The molecule has 5 nitrogen and oxygen atoms in total. The number of hydrogen-bond acceptors (Lipinski definition) is 4. The van der Waals surface area contributed by atoms with Gasteiger partial charge in [0.1, 0.15) is 5.82 Å². The highest BCUT2D eigenvalue weighted by atomic mass is 32.2. The number of rotatable bonds is 5. The molecule has 6 heteroatoms. The molecule has 1 saturated carbocycles. The van der Waals surface area contributed by atoms with E-state index in [-0.39, 0.29) is 17.2 Å². The largest absolute Gasteiger partial charge is 0.348 e. The second-order valence-corrected chi connectivity index (χ2v) is 8.35. The number of thioether (sulfide) groups is 1. The molecule has 0 spiro atoms. The maximum absolute atomic E-state index is 12.7. The van der Waals surface area contributed by atoms with Crippen LogP contribution in [0, 0.1) is 6.92 Å². The Balaban J connectivity index is 1.43. The van der Waals surface area contributed by atoms with E-state index in [9.17, 15) is 4.79 Å². The van der Waals surface area contributed by atoms with Crippen molar-refractivity contribution < 1.29 is 4.79 Å². The average molecular weight is 356 g/mol. The van der Waals surface area contributed by atoms with Gasteiger partial charge in [-0.25, -0.2) is 0 Å². The Hall–Kier alpha value is -1.82. The first-order valence-corrected chi connectivity index (χ1v) is 9.98. The molecule has 1 aromatic heterocycles. The first kappa shape index (κ1) is 16.6. The van der Waals surface area contributed by atoms with Crippen molar-refractivity contribution in [1.82, 2.24) is 20.1 Å². The summed E-state index contributed by atoms with van der Waals surface area (Å²) in [6, 6.07) is 9.11. The van der Waals surface area contributed by atoms with Gasteiger partial charge in [0.25, 0.3) is 0 Å². The smallest absolute Gasteiger partial charge is 0.233 e. The highest BCUT2D eigenvalue weighted by Crippen LogP contribution is 2.39. The third-order valence-electron chi connectivity index (χ3n) is 5.08. The number of fused-ring (bicyclic) bond motifs is 1. The molecule has 0 aliphatic heterocycles. The summed E-state index contributed by atoms with van der Waals surface area (Å²) in [6.07, 6.45) is 5.62. The van der Waals surface area contributed by atoms with Crippen LogP contribution in [0.15, 0.2) is 29.4 Å². The minimum atomic E-state index is -0.185. The summed E-state index contributed by atoms with van der Waals surface area (Å²) in [7, 11) is 0. The van der Waals surface area contributed by atoms with Crippen molar-refractivity contribution in [2.45, 2.75) is 68.4 Å². The van der Waals surface area contributed by atoms with Gasteiger partial charge in [0.2, 0.25) is 5.91 Å². The van der Waals surface area contributed by atoms with Gasteiger partial charge in [0, 0.05) is 6.04 Å². The first-order chi connectivity index (χ1) is 12.1. The molecule has 0 saturated heterocycles. The number of nitrogens with one attached hydrogen (secondary N) is 1. The number of amides is 1. The number of nitrogens with zero attached hydrogens (tertiary/aromatic N) is 3. The monoisotopic (exact) mass is 356 g/mol. The van der Waals surface area contributed by atoms with Crippen molar-refractivity contribution in [2.24, 2.45) is 0 Å². The predicted octanol–water partition coefficient (Wildman–Crippen LogP) is 3.60. The lowest BCUT2D eigenvalue weighted by Gasteiger charge is -2.27. The molecule has 25 heavy (non-hydrogen) atoms. The summed E-state index contributed by atoms with van der Waals surface area (Å²) in [4.78, 5) is 12.7. The molecule has 0 radical (unpaired) electrons. The quantitative estimate of drug-likeness (QED) is 0.832. The summed E-state index contributed by atoms with van der Waals surface area (Å²) in [6.45, 7) is 3.94. The van der Waals surface area contributed by atoms with E-state index >= 15 is 0 Å². The maximum atomic E-state index is 12.7. The first-order valence-electron chi connectivity index (χ1n) is 9.10. The summed E-state index contributed by atoms with van der Waals surface area (Å²) in [5.74, 6) is 1.02. The van der Waals surface area contributed by atoms with E-state index in [4.69, 9.17) is 0 Å². The number of carbonyl (C=O) groups is 1. The van der Waals surface area contributed by atoms with E-state index < -0.39 is 0 Å². The summed E-state index contributed by atoms with van der Waals surface area (Å²) in [5, 5.41) is 12.4. The van der Waals surface area contributed by atoms with Crippen LogP contribution >= 0.6 is 11.8 Å². The van der Waals surface area contributed by atoms with E-state index in [0.29, 0.717) is 6.04 Å². The second-order valence-electron chi connectivity index (χ2n) is 7.04. The zero-order chi connectivity index (χ0) is 17.4. The number of aryl methyl sites for hydroxylation is 2. The molecule has 2 aromatic rings. The molecule has 2 atom stereocenters. The molecular formula is C19H24N4OS. The molecule has 1 N–H and O–H groups in total. The molecule has 1 aromatic carbocycles. The van der Waals surface area contributed by atoms with Crippen molar-refractivity contribution in [1.29, 1.82) is 0 Å². The van der Waals surface area contributed by atoms with Gasteiger partial charge in [-0.05, 0) is 57.1 Å². The van der Waals surface area contributed by atoms with E-state index in [0.717, 1.165) is 30.2 Å². The lowest BCUT2D eigenvalue weighted by atomic mass is 9.88. The van der Waals surface area contributed by atoms with Crippen molar-refractivity contribution in [3.8, 4) is 0 Å². The van der Waals surface area contributed by atoms with Crippen LogP contribution in [0.25, 0.3) is 0 Å². The highest BCUT2D eigenvalue weighted by molar-refractivity contribution is 8.00. The number of benzene rings is 1. The topological polar surface area (TPSA) is 59.8 Å². The third-order valence-corrected chi connectivity index (χ3v) is 6.14. The molecule has 1 amide bonds. The fraction of sp³-hybridized carbons (Fsp3) is 0.526. The molecule has 0 bridgehead atoms. The summed E-state index contributed by atoms with van der Waals surface area (Å²) in [5.41, 5.74) is 2.64. The summed E-state index contributed by atoms with van der Waals surface area (Å²) < 4.78 is 2.18. The molecule has 2 aliphatic carbocycles. The second kappa shape index (κ2) is 6.83. The molecule has 0 unspecified atom stereocenters. The van der Waals surface area contributed by atoms with Gasteiger partial charge in [-0.15, -0.1) is 10.2 Å². The van der Waals surface area contributed by atoms with E-state index in [1.54, 1.807) is 0 Å². The van der Waals surface area contributed by atoms with Gasteiger partial charge in [0.15, 0.2) is 5.16 Å². The molecular weight excluding hydrogens is 332 g/mol. The highest BCUT2D eigenvalue weighted by Gasteiger charge is 2.30. The molecule has 132 valence electrons. The van der Waals surface area contributed by atoms with Crippen molar-refractivity contribution in [3.63, 3.8) is 0 Å². The zero-order valence-electron chi connectivity index (χ0n) is 14.7. The minimum Gasteiger partial charge on any atom is -0.348 e. The Kier molecular flexibility index (Phi) is 4.54. The van der Waals surface area contributed by atoms with Crippen LogP contribution in [-0.4, -0.2) is 25.9 Å². The Bertz CT molecular complexity index is 783.